The van der Waals surface area contributed by atoms with Crippen molar-refractivity contribution in [2.75, 3.05) is 13.1 Å². The number of amides is 1. The monoisotopic (exact) mass is 220 g/mol. The number of hydrogen-bond donors (Lipinski definition) is 1. The van der Waals surface area contributed by atoms with Crippen molar-refractivity contribution in [1.82, 2.24) is 9.88 Å². The molecule has 0 unspecified atom stereocenters. The fourth-order valence-electron chi connectivity index (χ4n) is 1.86. The summed E-state index contributed by atoms with van der Waals surface area (Å²) in [6, 6.07) is 2.09. The molecule has 1 saturated heterocycles. The highest BCUT2D eigenvalue weighted by Gasteiger charge is 2.26. The summed E-state index contributed by atoms with van der Waals surface area (Å²) in [6.07, 6.45) is 1.14. The molecular formula is C13H20N2O. The first-order valence-corrected chi connectivity index (χ1v) is 5.89. The Morgan fingerprint density at radius 3 is 2.38 bits per heavy atom. The third-order valence-electron chi connectivity index (χ3n) is 3.18. The van der Waals surface area contributed by atoms with E-state index in [0.29, 0.717) is 0 Å². The van der Waals surface area contributed by atoms with Gasteiger partial charge in [-0.05, 0) is 25.0 Å². The third-order valence-corrected chi connectivity index (χ3v) is 3.18. The fourth-order valence-corrected chi connectivity index (χ4v) is 1.86. The molecule has 0 atom stereocenters. The molecule has 0 radical (unpaired) electrons. The zero-order valence-corrected chi connectivity index (χ0v) is 10.6. The Morgan fingerprint density at radius 1 is 1.38 bits per heavy atom. The molecule has 16 heavy (non-hydrogen) atoms. The van der Waals surface area contributed by atoms with E-state index in [4.69, 9.17) is 0 Å². The molecule has 0 saturated carbocycles. The second kappa shape index (κ2) is 3.65. The maximum absolute atomic E-state index is 12.1. The van der Waals surface area contributed by atoms with Crippen LogP contribution in [0.3, 0.4) is 0 Å². The van der Waals surface area contributed by atoms with Crippen molar-refractivity contribution >= 4 is 5.91 Å². The Balaban J connectivity index is 2.27. The average molecular weight is 220 g/mol. The van der Waals surface area contributed by atoms with Crippen LogP contribution in [0.5, 0.6) is 0 Å². The predicted molar refractivity (Wildman–Crippen MR) is 64.8 cm³/mol. The molecule has 3 nitrogen and oxygen atoms in total. The van der Waals surface area contributed by atoms with Crippen molar-refractivity contribution in [3.05, 3.63) is 23.0 Å². The predicted octanol–water partition coefficient (Wildman–Crippen LogP) is 2.47. The zero-order chi connectivity index (χ0) is 11.9. The lowest BCUT2D eigenvalue weighted by molar-refractivity contribution is 0.0645. The third kappa shape index (κ3) is 1.86. The van der Waals surface area contributed by atoms with E-state index >= 15 is 0 Å². The van der Waals surface area contributed by atoms with Crippen LogP contribution in [0.4, 0.5) is 0 Å². The Hall–Kier alpha value is -1.25. The van der Waals surface area contributed by atoms with E-state index in [1.807, 2.05) is 11.8 Å². The number of likely N-dealkylation sites (tertiary alicyclic amines) is 1. The second-order valence-electron chi connectivity index (χ2n) is 5.64. The van der Waals surface area contributed by atoms with E-state index in [9.17, 15) is 4.79 Å². The van der Waals surface area contributed by atoms with E-state index in [1.54, 1.807) is 0 Å². The SMILES string of the molecule is Cc1cc(C(C)(C)C)[nH]c1C(=O)N1CCC1. The molecular weight excluding hydrogens is 200 g/mol. The van der Waals surface area contributed by atoms with Crippen LogP contribution in [0.15, 0.2) is 6.07 Å². The normalized spacial score (nSPS) is 16.1. The van der Waals surface area contributed by atoms with E-state index in [0.717, 1.165) is 36.5 Å². The molecule has 1 aromatic rings. The summed E-state index contributed by atoms with van der Waals surface area (Å²) < 4.78 is 0. The van der Waals surface area contributed by atoms with Gasteiger partial charge in [0.15, 0.2) is 0 Å². The molecule has 1 fully saturated rings. The Kier molecular flexibility index (Phi) is 2.56. The van der Waals surface area contributed by atoms with E-state index < -0.39 is 0 Å². The first kappa shape index (κ1) is 11.2. The van der Waals surface area contributed by atoms with E-state index in [-0.39, 0.29) is 11.3 Å². The van der Waals surface area contributed by atoms with Gasteiger partial charge < -0.3 is 9.88 Å². The highest BCUT2D eigenvalue weighted by Crippen LogP contribution is 2.25. The number of hydrogen-bond acceptors (Lipinski definition) is 1. The summed E-state index contributed by atoms with van der Waals surface area (Å²) in [4.78, 5) is 17.3. The van der Waals surface area contributed by atoms with Crippen LogP contribution in [0.1, 0.15) is 48.9 Å². The molecule has 0 spiro atoms. The Labute approximate surface area is 96.8 Å². The number of aromatic amines is 1. The highest BCUT2D eigenvalue weighted by molar-refractivity contribution is 5.94. The molecule has 0 bridgehead atoms. The summed E-state index contributed by atoms with van der Waals surface area (Å²) >= 11 is 0. The van der Waals surface area contributed by atoms with Crippen molar-refractivity contribution in [2.24, 2.45) is 0 Å². The first-order valence-electron chi connectivity index (χ1n) is 5.89. The molecule has 0 aromatic carbocycles. The van der Waals surface area contributed by atoms with Crippen LogP contribution < -0.4 is 0 Å². The van der Waals surface area contributed by atoms with Gasteiger partial charge in [0.2, 0.25) is 0 Å². The summed E-state index contributed by atoms with van der Waals surface area (Å²) in [5, 5.41) is 0. The van der Waals surface area contributed by atoms with Crippen molar-refractivity contribution in [2.45, 2.75) is 39.5 Å². The minimum atomic E-state index is 0.0677. The van der Waals surface area contributed by atoms with Crippen LogP contribution in [0.2, 0.25) is 0 Å². The molecule has 1 amide bonds. The number of H-pyrrole nitrogens is 1. The maximum atomic E-state index is 12.1. The summed E-state index contributed by atoms with van der Waals surface area (Å²) in [5.41, 5.74) is 3.03. The molecule has 0 aliphatic carbocycles. The molecule has 1 N–H and O–H groups in total. The minimum Gasteiger partial charge on any atom is -0.354 e. The van der Waals surface area contributed by atoms with Gasteiger partial charge in [0, 0.05) is 24.2 Å². The minimum absolute atomic E-state index is 0.0677. The molecule has 2 heterocycles. The van der Waals surface area contributed by atoms with Gasteiger partial charge in [0.25, 0.3) is 5.91 Å². The topological polar surface area (TPSA) is 36.1 Å². The number of nitrogens with one attached hydrogen (secondary N) is 1. The summed E-state index contributed by atoms with van der Waals surface area (Å²) in [6.45, 7) is 10.3. The summed E-state index contributed by atoms with van der Waals surface area (Å²) in [7, 11) is 0. The largest absolute Gasteiger partial charge is 0.354 e. The molecule has 1 aliphatic rings. The number of carbonyl (C=O) groups is 1. The van der Waals surface area contributed by atoms with Crippen LogP contribution in [0.25, 0.3) is 0 Å². The van der Waals surface area contributed by atoms with Gasteiger partial charge in [-0.3, -0.25) is 4.79 Å². The van der Waals surface area contributed by atoms with E-state index in [2.05, 4.69) is 31.8 Å². The van der Waals surface area contributed by atoms with Crippen molar-refractivity contribution in [1.29, 1.82) is 0 Å². The van der Waals surface area contributed by atoms with Gasteiger partial charge in [-0.25, -0.2) is 0 Å². The van der Waals surface area contributed by atoms with Gasteiger partial charge in [-0.15, -0.1) is 0 Å². The smallest absolute Gasteiger partial charge is 0.270 e. The molecule has 2 rings (SSSR count). The van der Waals surface area contributed by atoms with Gasteiger partial charge in [-0.1, -0.05) is 20.8 Å². The van der Waals surface area contributed by atoms with Gasteiger partial charge in [-0.2, -0.15) is 0 Å². The lowest BCUT2D eigenvalue weighted by Gasteiger charge is -2.30. The average Bonchev–Trinajstić information content (AvgIpc) is 2.42. The number of rotatable bonds is 1. The Morgan fingerprint density at radius 2 is 2.00 bits per heavy atom. The highest BCUT2D eigenvalue weighted by atomic mass is 16.2. The quantitative estimate of drug-likeness (QED) is 0.775. The van der Waals surface area contributed by atoms with Crippen molar-refractivity contribution in [3.63, 3.8) is 0 Å². The van der Waals surface area contributed by atoms with Crippen molar-refractivity contribution < 1.29 is 4.79 Å². The zero-order valence-electron chi connectivity index (χ0n) is 10.6. The van der Waals surface area contributed by atoms with Crippen LogP contribution >= 0.6 is 0 Å². The molecule has 1 aromatic heterocycles. The van der Waals surface area contributed by atoms with Gasteiger partial charge in [0.1, 0.15) is 5.69 Å². The number of aryl methyl sites for hydroxylation is 1. The number of aromatic nitrogens is 1. The lowest BCUT2D eigenvalue weighted by Crippen LogP contribution is -2.42. The van der Waals surface area contributed by atoms with E-state index in [1.165, 1.54) is 0 Å². The molecule has 88 valence electrons. The fraction of sp³-hybridized carbons (Fsp3) is 0.615. The molecule has 3 heteroatoms. The van der Waals surface area contributed by atoms with Crippen LogP contribution in [-0.2, 0) is 5.41 Å². The maximum Gasteiger partial charge on any atom is 0.270 e. The second-order valence-corrected chi connectivity index (χ2v) is 5.64. The molecule has 1 aliphatic heterocycles. The number of carbonyl (C=O) groups excluding carboxylic acids is 1. The van der Waals surface area contributed by atoms with Gasteiger partial charge in [0.05, 0.1) is 0 Å². The first-order chi connectivity index (χ1) is 7.39. The summed E-state index contributed by atoms with van der Waals surface area (Å²) in [5.74, 6) is 0.152. The van der Waals surface area contributed by atoms with Crippen LogP contribution in [0, 0.1) is 6.92 Å². The number of nitrogens with zero attached hydrogens (tertiary/aromatic N) is 1. The lowest BCUT2D eigenvalue weighted by atomic mass is 9.92. The van der Waals surface area contributed by atoms with Gasteiger partial charge >= 0.3 is 0 Å². The van der Waals surface area contributed by atoms with Crippen LogP contribution in [-0.4, -0.2) is 28.9 Å². The Bertz CT molecular complexity index is 408. The standard InChI is InChI=1S/C13H20N2O/c1-9-8-10(13(2,3)4)14-11(9)12(16)15-6-5-7-15/h8,14H,5-7H2,1-4H3. The van der Waals surface area contributed by atoms with Crippen molar-refractivity contribution in [3.8, 4) is 0 Å².